The predicted octanol–water partition coefficient (Wildman–Crippen LogP) is 3.48. The number of nitrogens with one attached hydrogen (secondary N) is 2. The standard InChI is InChI=1S/C14H23BrN2O2S2/c1-14(6-4-3-5-7-14)10-17-21(18,19)12-8-11(9-16-2)20-13(12)15/h8,16-17H,3-7,9-10H2,1-2H3. The molecule has 0 unspecified atom stereocenters. The van der Waals surface area contributed by atoms with E-state index in [2.05, 4.69) is 32.9 Å². The molecule has 21 heavy (non-hydrogen) atoms. The minimum atomic E-state index is -3.44. The van der Waals surface area contributed by atoms with Crippen LogP contribution in [0.15, 0.2) is 14.7 Å². The average molecular weight is 395 g/mol. The lowest BCUT2D eigenvalue weighted by atomic mass is 9.76. The van der Waals surface area contributed by atoms with Gasteiger partial charge in [0.15, 0.2) is 0 Å². The average Bonchev–Trinajstić information content (AvgIpc) is 2.80. The summed E-state index contributed by atoms with van der Waals surface area (Å²) in [5.74, 6) is 0. The molecule has 0 aromatic carbocycles. The zero-order valence-corrected chi connectivity index (χ0v) is 15.8. The van der Waals surface area contributed by atoms with Crippen LogP contribution in [-0.4, -0.2) is 22.0 Å². The lowest BCUT2D eigenvalue weighted by Gasteiger charge is -2.33. The van der Waals surface area contributed by atoms with Gasteiger partial charge in [-0.3, -0.25) is 0 Å². The van der Waals surface area contributed by atoms with Crippen LogP contribution in [0.25, 0.3) is 0 Å². The highest BCUT2D eigenvalue weighted by Crippen LogP contribution is 2.36. The van der Waals surface area contributed by atoms with Crippen LogP contribution in [-0.2, 0) is 16.6 Å². The molecule has 1 aliphatic carbocycles. The van der Waals surface area contributed by atoms with Gasteiger partial charge in [-0.1, -0.05) is 26.2 Å². The van der Waals surface area contributed by atoms with E-state index < -0.39 is 10.0 Å². The second-order valence-corrected chi connectivity index (χ2v) is 10.3. The number of hydrogen-bond acceptors (Lipinski definition) is 4. The van der Waals surface area contributed by atoms with Gasteiger partial charge in [0.25, 0.3) is 0 Å². The Morgan fingerprint density at radius 2 is 2.00 bits per heavy atom. The van der Waals surface area contributed by atoms with Gasteiger partial charge in [-0.25, -0.2) is 13.1 Å². The van der Waals surface area contributed by atoms with E-state index in [0.29, 0.717) is 21.8 Å². The Labute approximate surface area is 139 Å². The molecule has 120 valence electrons. The van der Waals surface area contributed by atoms with Crippen LogP contribution in [0.5, 0.6) is 0 Å². The number of thiophene rings is 1. The van der Waals surface area contributed by atoms with Gasteiger partial charge in [0, 0.05) is 18.0 Å². The zero-order valence-electron chi connectivity index (χ0n) is 12.5. The molecule has 4 nitrogen and oxygen atoms in total. The number of sulfonamides is 1. The van der Waals surface area contributed by atoms with Gasteiger partial charge in [-0.2, -0.15) is 0 Å². The number of rotatable bonds is 6. The molecule has 0 spiro atoms. The van der Waals surface area contributed by atoms with Gasteiger partial charge in [0.2, 0.25) is 10.0 Å². The molecular formula is C14H23BrN2O2S2. The fraction of sp³-hybridized carbons (Fsp3) is 0.714. The normalized spacial score (nSPS) is 18.8. The summed E-state index contributed by atoms with van der Waals surface area (Å²) in [4.78, 5) is 1.37. The Morgan fingerprint density at radius 1 is 1.33 bits per heavy atom. The minimum absolute atomic E-state index is 0.0988. The van der Waals surface area contributed by atoms with Gasteiger partial charge in [-0.15, -0.1) is 11.3 Å². The second kappa shape index (κ2) is 7.08. The summed E-state index contributed by atoms with van der Waals surface area (Å²) in [6.07, 6.45) is 5.88. The van der Waals surface area contributed by atoms with Crippen LogP contribution in [0.2, 0.25) is 0 Å². The maximum atomic E-state index is 12.5. The van der Waals surface area contributed by atoms with Crippen molar-refractivity contribution >= 4 is 37.3 Å². The van der Waals surface area contributed by atoms with Crippen LogP contribution in [0.4, 0.5) is 0 Å². The molecule has 0 bridgehead atoms. The lowest BCUT2D eigenvalue weighted by molar-refractivity contribution is 0.219. The van der Waals surface area contributed by atoms with E-state index in [1.807, 2.05) is 7.05 Å². The van der Waals surface area contributed by atoms with Crippen molar-refractivity contribution in [1.82, 2.24) is 10.0 Å². The maximum absolute atomic E-state index is 12.5. The molecule has 0 atom stereocenters. The van der Waals surface area contributed by atoms with Crippen molar-refractivity contribution in [2.24, 2.45) is 5.41 Å². The predicted molar refractivity (Wildman–Crippen MR) is 91.2 cm³/mol. The highest BCUT2D eigenvalue weighted by Gasteiger charge is 2.29. The smallest absolute Gasteiger partial charge is 0.242 e. The van der Waals surface area contributed by atoms with Gasteiger partial charge in [-0.05, 0) is 47.3 Å². The number of halogens is 1. The van der Waals surface area contributed by atoms with E-state index in [9.17, 15) is 8.42 Å². The van der Waals surface area contributed by atoms with Crippen LogP contribution >= 0.6 is 27.3 Å². The van der Waals surface area contributed by atoms with Crippen molar-refractivity contribution < 1.29 is 8.42 Å². The van der Waals surface area contributed by atoms with Crippen LogP contribution in [0.3, 0.4) is 0 Å². The summed E-state index contributed by atoms with van der Waals surface area (Å²) in [6.45, 7) is 3.39. The van der Waals surface area contributed by atoms with Crippen LogP contribution in [0, 0.1) is 5.41 Å². The van der Waals surface area contributed by atoms with Gasteiger partial charge in [0.05, 0.1) is 3.79 Å². The molecule has 1 fully saturated rings. The second-order valence-electron chi connectivity index (χ2n) is 6.08. The van der Waals surface area contributed by atoms with Crippen molar-refractivity contribution in [2.45, 2.75) is 50.5 Å². The highest BCUT2D eigenvalue weighted by atomic mass is 79.9. The summed E-state index contributed by atoms with van der Waals surface area (Å²) >= 11 is 4.84. The molecule has 2 rings (SSSR count). The Balaban J connectivity index is 2.07. The molecule has 0 aliphatic heterocycles. The summed E-state index contributed by atoms with van der Waals surface area (Å²) in [6, 6.07) is 1.75. The van der Waals surface area contributed by atoms with Crippen molar-refractivity contribution in [2.75, 3.05) is 13.6 Å². The molecule has 1 aromatic heterocycles. The van der Waals surface area contributed by atoms with E-state index in [1.54, 1.807) is 6.07 Å². The summed E-state index contributed by atoms with van der Waals surface area (Å²) in [5.41, 5.74) is 0.0988. The lowest BCUT2D eigenvalue weighted by Crippen LogP contribution is -2.37. The summed E-state index contributed by atoms with van der Waals surface area (Å²) < 4.78 is 28.5. The quantitative estimate of drug-likeness (QED) is 0.776. The monoisotopic (exact) mass is 394 g/mol. The van der Waals surface area contributed by atoms with Crippen molar-refractivity contribution in [3.63, 3.8) is 0 Å². The third-order valence-electron chi connectivity index (χ3n) is 4.10. The maximum Gasteiger partial charge on any atom is 0.242 e. The first kappa shape index (κ1) is 17.4. The molecule has 0 saturated heterocycles. The molecule has 1 saturated carbocycles. The summed E-state index contributed by atoms with van der Waals surface area (Å²) in [7, 11) is -1.59. The van der Waals surface area contributed by atoms with Crippen molar-refractivity contribution in [3.8, 4) is 0 Å². The Morgan fingerprint density at radius 3 is 2.62 bits per heavy atom. The van der Waals surface area contributed by atoms with Gasteiger partial charge in [0.1, 0.15) is 4.90 Å². The van der Waals surface area contributed by atoms with E-state index in [-0.39, 0.29) is 5.41 Å². The molecule has 1 heterocycles. The van der Waals surface area contributed by atoms with E-state index in [1.165, 1.54) is 30.6 Å². The van der Waals surface area contributed by atoms with Crippen molar-refractivity contribution in [1.29, 1.82) is 0 Å². The molecule has 1 aliphatic rings. The topological polar surface area (TPSA) is 58.2 Å². The first-order valence-corrected chi connectivity index (χ1v) is 10.4. The van der Waals surface area contributed by atoms with Gasteiger partial charge >= 0.3 is 0 Å². The molecular weight excluding hydrogens is 372 g/mol. The molecule has 0 radical (unpaired) electrons. The molecule has 2 N–H and O–H groups in total. The largest absolute Gasteiger partial charge is 0.315 e. The first-order chi connectivity index (χ1) is 9.86. The summed E-state index contributed by atoms with van der Waals surface area (Å²) in [5, 5.41) is 3.04. The third kappa shape index (κ3) is 4.51. The molecule has 0 amide bonds. The zero-order chi connectivity index (χ0) is 15.5. The van der Waals surface area contributed by atoms with Crippen LogP contribution in [0.1, 0.15) is 43.9 Å². The highest BCUT2D eigenvalue weighted by molar-refractivity contribution is 9.11. The van der Waals surface area contributed by atoms with E-state index in [0.717, 1.165) is 17.7 Å². The minimum Gasteiger partial charge on any atom is -0.315 e. The van der Waals surface area contributed by atoms with Crippen molar-refractivity contribution in [3.05, 3.63) is 14.7 Å². The Kier molecular flexibility index (Phi) is 5.87. The molecule has 7 heteroatoms. The third-order valence-corrected chi connectivity index (χ3v) is 7.75. The SMILES string of the molecule is CNCc1cc(S(=O)(=O)NCC2(C)CCCCC2)c(Br)s1. The van der Waals surface area contributed by atoms with Gasteiger partial charge < -0.3 is 5.32 Å². The Hall–Kier alpha value is 0.0500. The number of hydrogen-bond donors (Lipinski definition) is 2. The molecule has 1 aromatic rings. The van der Waals surface area contributed by atoms with Crippen LogP contribution < -0.4 is 10.0 Å². The fourth-order valence-electron chi connectivity index (χ4n) is 2.77. The fourth-order valence-corrected chi connectivity index (χ4v) is 6.66. The first-order valence-electron chi connectivity index (χ1n) is 7.29. The van der Waals surface area contributed by atoms with E-state index >= 15 is 0 Å². The van der Waals surface area contributed by atoms with E-state index in [4.69, 9.17) is 0 Å². The Bertz CT molecular complexity index is 578.